The van der Waals surface area contributed by atoms with Gasteiger partial charge in [0.25, 0.3) is 0 Å². The first kappa shape index (κ1) is 7.40. The molecule has 11 heavy (non-hydrogen) atoms. The van der Waals surface area contributed by atoms with Gasteiger partial charge in [-0.1, -0.05) is 28.1 Å². The van der Waals surface area contributed by atoms with Crippen LogP contribution in [0.5, 0.6) is 0 Å². The Balaban J connectivity index is 2.73. The van der Waals surface area contributed by atoms with E-state index in [4.69, 9.17) is 27.7 Å². The van der Waals surface area contributed by atoms with Crippen molar-refractivity contribution in [3.8, 4) is 0 Å². The van der Waals surface area contributed by atoms with E-state index in [1.54, 1.807) is 0 Å². The Bertz CT molecular complexity index is 381. The van der Waals surface area contributed by atoms with Gasteiger partial charge in [0.2, 0.25) is 4.90 Å². The average molecular weight is 208 g/mol. The number of aromatic nitrogens is 1. The standard InChI is InChI=1S/C6H3Cl2NOS/c7-2-4-3-1-5(8)11-6(3)10-9-4/h1H,2H2. The Morgan fingerprint density at radius 1 is 1.64 bits per heavy atom. The van der Waals surface area contributed by atoms with Crippen LogP contribution in [0.15, 0.2) is 10.6 Å². The molecule has 2 heterocycles. The molecule has 0 N–H and O–H groups in total. The molecule has 0 amide bonds. The Morgan fingerprint density at radius 2 is 2.45 bits per heavy atom. The molecule has 0 unspecified atom stereocenters. The van der Waals surface area contributed by atoms with Crippen molar-refractivity contribution in [1.82, 2.24) is 5.16 Å². The van der Waals surface area contributed by atoms with Crippen molar-refractivity contribution in [1.29, 1.82) is 0 Å². The highest BCUT2D eigenvalue weighted by Crippen LogP contribution is 2.31. The number of nitrogens with zero attached hydrogens (tertiary/aromatic N) is 1. The first-order valence-electron chi connectivity index (χ1n) is 2.91. The Labute approximate surface area is 76.7 Å². The van der Waals surface area contributed by atoms with Gasteiger partial charge in [0.15, 0.2) is 0 Å². The normalized spacial score (nSPS) is 11.1. The Kier molecular flexibility index (Phi) is 1.79. The van der Waals surface area contributed by atoms with Gasteiger partial charge in [-0.3, -0.25) is 0 Å². The summed E-state index contributed by atoms with van der Waals surface area (Å²) >= 11 is 12.7. The molecule has 0 bridgehead atoms. The summed E-state index contributed by atoms with van der Waals surface area (Å²) in [6, 6.07) is 1.82. The third-order valence-corrected chi connectivity index (χ3v) is 2.73. The average Bonchev–Trinajstić information content (AvgIpc) is 2.45. The summed E-state index contributed by atoms with van der Waals surface area (Å²) in [6.45, 7) is 0. The minimum absolute atomic E-state index is 0.361. The molecule has 0 spiro atoms. The van der Waals surface area contributed by atoms with Gasteiger partial charge in [-0.05, 0) is 6.07 Å². The van der Waals surface area contributed by atoms with E-state index in [9.17, 15) is 0 Å². The number of hydrogen-bond donors (Lipinski definition) is 0. The predicted octanol–water partition coefficient (Wildman–Crippen LogP) is 3.28. The molecule has 2 aromatic heterocycles. The van der Waals surface area contributed by atoms with Gasteiger partial charge in [0.05, 0.1) is 15.6 Å². The van der Waals surface area contributed by atoms with Crippen LogP contribution in [-0.2, 0) is 5.88 Å². The van der Waals surface area contributed by atoms with Crippen LogP contribution in [0.1, 0.15) is 5.69 Å². The van der Waals surface area contributed by atoms with E-state index in [1.807, 2.05) is 6.07 Å². The predicted molar refractivity (Wildman–Crippen MR) is 46.5 cm³/mol. The third kappa shape index (κ3) is 1.13. The number of alkyl halides is 1. The van der Waals surface area contributed by atoms with Crippen LogP contribution in [0.25, 0.3) is 10.3 Å². The van der Waals surface area contributed by atoms with Gasteiger partial charge < -0.3 is 4.52 Å². The molecule has 2 nitrogen and oxygen atoms in total. The van der Waals surface area contributed by atoms with Crippen molar-refractivity contribution in [3.63, 3.8) is 0 Å². The smallest absolute Gasteiger partial charge is 0.222 e. The summed E-state index contributed by atoms with van der Waals surface area (Å²) in [5.41, 5.74) is 0.754. The van der Waals surface area contributed by atoms with Gasteiger partial charge in [0.1, 0.15) is 5.69 Å². The van der Waals surface area contributed by atoms with Crippen molar-refractivity contribution in [2.75, 3.05) is 0 Å². The molecule has 5 heteroatoms. The summed E-state index contributed by atoms with van der Waals surface area (Å²) in [7, 11) is 0. The van der Waals surface area contributed by atoms with E-state index in [0.29, 0.717) is 10.2 Å². The van der Waals surface area contributed by atoms with Gasteiger partial charge in [0, 0.05) is 0 Å². The fourth-order valence-corrected chi connectivity index (χ4v) is 2.08. The van der Waals surface area contributed by atoms with Crippen molar-refractivity contribution in [2.45, 2.75) is 5.88 Å². The van der Waals surface area contributed by atoms with Gasteiger partial charge >= 0.3 is 0 Å². The molecule has 0 aliphatic rings. The zero-order chi connectivity index (χ0) is 7.84. The Hall–Kier alpha value is -0.250. The topological polar surface area (TPSA) is 26.0 Å². The second-order valence-electron chi connectivity index (χ2n) is 2.01. The molecule has 0 saturated carbocycles. The lowest BCUT2D eigenvalue weighted by Crippen LogP contribution is -1.73. The molecule has 0 saturated heterocycles. The van der Waals surface area contributed by atoms with E-state index in [1.165, 1.54) is 11.3 Å². The molecule has 0 fully saturated rings. The lowest BCUT2D eigenvalue weighted by Gasteiger charge is -1.79. The summed E-state index contributed by atoms with van der Waals surface area (Å²) in [4.78, 5) is 0.741. The maximum atomic E-state index is 5.74. The lowest BCUT2D eigenvalue weighted by molar-refractivity contribution is 0.454. The van der Waals surface area contributed by atoms with E-state index in [-0.39, 0.29) is 0 Å². The van der Waals surface area contributed by atoms with E-state index >= 15 is 0 Å². The second-order valence-corrected chi connectivity index (χ2v) is 3.93. The number of halogens is 2. The molecule has 0 aromatic carbocycles. The maximum Gasteiger partial charge on any atom is 0.222 e. The van der Waals surface area contributed by atoms with Crippen LogP contribution in [0.2, 0.25) is 4.34 Å². The first-order chi connectivity index (χ1) is 5.31. The highest BCUT2D eigenvalue weighted by molar-refractivity contribution is 7.22. The minimum Gasteiger partial charge on any atom is -0.345 e. The van der Waals surface area contributed by atoms with E-state index < -0.39 is 0 Å². The minimum atomic E-state index is 0.361. The quantitative estimate of drug-likeness (QED) is 0.672. The fourth-order valence-electron chi connectivity index (χ4n) is 0.856. The third-order valence-electron chi connectivity index (χ3n) is 1.34. The van der Waals surface area contributed by atoms with Gasteiger partial charge in [-0.2, -0.15) is 0 Å². The molecule has 0 aliphatic heterocycles. The second kappa shape index (κ2) is 2.66. The van der Waals surface area contributed by atoms with Crippen molar-refractivity contribution in [2.24, 2.45) is 0 Å². The van der Waals surface area contributed by atoms with E-state index in [0.717, 1.165) is 16.0 Å². The van der Waals surface area contributed by atoms with Crippen molar-refractivity contribution in [3.05, 3.63) is 16.1 Å². The largest absolute Gasteiger partial charge is 0.345 e. The van der Waals surface area contributed by atoms with Crippen LogP contribution in [0, 0.1) is 0 Å². The van der Waals surface area contributed by atoms with Crippen molar-refractivity contribution < 1.29 is 4.52 Å². The Morgan fingerprint density at radius 3 is 3.18 bits per heavy atom. The number of hydrogen-bond acceptors (Lipinski definition) is 3. The van der Waals surface area contributed by atoms with E-state index in [2.05, 4.69) is 5.16 Å². The highest BCUT2D eigenvalue weighted by Gasteiger charge is 2.09. The SMILES string of the molecule is ClCc1noc2sc(Cl)cc12. The number of rotatable bonds is 1. The fraction of sp³-hybridized carbons (Fsp3) is 0.167. The summed E-state index contributed by atoms with van der Waals surface area (Å²) in [5.74, 6) is 0.361. The molecule has 58 valence electrons. The van der Waals surface area contributed by atoms with Crippen LogP contribution in [0.3, 0.4) is 0 Å². The van der Waals surface area contributed by atoms with Crippen LogP contribution in [-0.4, -0.2) is 5.16 Å². The zero-order valence-electron chi connectivity index (χ0n) is 5.30. The summed E-state index contributed by atoms with van der Waals surface area (Å²) < 4.78 is 5.66. The van der Waals surface area contributed by atoms with Crippen LogP contribution >= 0.6 is 34.5 Å². The monoisotopic (exact) mass is 207 g/mol. The molecule has 2 aromatic rings. The van der Waals surface area contributed by atoms with Crippen LogP contribution in [0.4, 0.5) is 0 Å². The first-order valence-corrected chi connectivity index (χ1v) is 4.63. The zero-order valence-corrected chi connectivity index (χ0v) is 7.63. The molecule has 0 atom stereocenters. The van der Waals surface area contributed by atoms with Gasteiger partial charge in [-0.15, -0.1) is 11.6 Å². The summed E-state index contributed by atoms with van der Waals surface area (Å²) in [6.07, 6.45) is 0. The van der Waals surface area contributed by atoms with Gasteiger partial charge in [-0.25, -0.2) is 0 Å². The molecule has 0 radical (unpaired) electrons. The molecular formula is C6H3Cl2NOS. The van der Waals surface area contributed by atoms with Crippen molar-refractivity contribution >= 4 is 44.8 Å². The number of thiophene rings is 1. The highest BCUT2D eigenvalue weighted by atomic mass is 35.5. The molecule has 2 rings (SSSR count). The van der Waals surface area contributed by atoms with Crippen LogP contribution < -0.4 is 0 Å². The number of fused-ring (bicyclic) bond motifs is 1. The lowest BCUT2D eigenvalue weighted by atomic mass is 10.3. The molecule has 0 aliphatic carbocycles. The molecular weight excluding hydrogens is 205 g/mol. The maximum absolute atomic E-state index is 5.74. The summed E-state index contributed by atoms with van der Waals surface area (Å²) in [5, 5.41) is 4.69.